The van der Waals surface area contributed by atoms with Crippen LogP contribution in [-0.2, 0) is 0 Å². The molecule has 3 nitrogen and oxygen atoms in total. The number of nitrogen functional groups attached to an aromatic ring is 1. The Morgan fingerprint density at radius 1 is 1.30 bits per heavy atom. The number of carbonyl (C=O) groups is 1. The number of anilines is 2. The van der Waals surface area contributed by atoms with Crippen LogP contribution in [0.1, 0.15) is 15.9 Å². The second-order valence-corrected chi connectivity index (χ2v) is 4.66. The molecule has 0 aliphatic carbocycles. The molecule has 0 spiro atoms. The number of nitrogens with two attached hydrogens (primary N) is 1. The predicted octanol–water partition coefficient (Wildman–Crippen LogP) is 3.76. The van der Waals surface area contributed by atoms with Crippen LogP contribution in [0.3, 0.4) is 0 Å². The van der Waals surface area contributed by atoms with E-state index in [4.69, 9.17) is 17.3 Å². The van der Waals surface area contributed by atoms with E-state index >= 15 is 0 Å². The van der Waals surface area contributed by atoms with Gasteiger partial charge in [-0.1, -0.05) is 17.7 Å². The lowest BCUT2D eigenvalue weighted by Gasteiger charge is -2.10. The first-order valence-electron chi connectivity index (χ1n) is 5.71. The zero-order chi connectivity index (χ0) is 14.9. The van der Waals surface area contributed by atoms with Gasteiger partial charge in [-0.05, 0) is 36.8 Å². The van der Waals surface area contributed by atoms with Crippen LogP contribution >= 0.6 is 11.6 Å². The maximum absolute atomic E-state index is 13.9. The monoisotopic (exact) mass is 296 g/mol. The van der Waals surface area contributed by atoms with Crippen molar-refractivity contribution >= 4 is 28.9 Å². The molecule has 0 aliphatic rings. The molecule has 2 rings (SSSR count). The van der Waals surface area contributed by atoms with Crippen molar-refractivity contribution in [1.82, 2.24) is 0 Å². The Morgan fingerprint density at radius 3 is 2.65 bits per heavy atom. The van der Waals surface area contributed by atoms with Gasteiger partial charge in [-0.2, -0.15) is 0 Å². The summed E-state index contributed by atoms with van der Waals surface area (Å²) in [5.74, 6) is -2.22. The van der Waals surface area contributed by atoms with E-state index < -0.39 is 17.5 Å². The molecule has 0 aliphatic heterocycles. The molecule has 0 saturated carbocycles. The molecule has 0 radical (unpaired) electrons. The summed E-state index contributed by atoms with van der Waals surface area (Å²) < 4.78 is 27.5. The van der Waals surface area contributed by atoms with Crippen LogP contribution < -0.4 is 11.1 Å². The number of nitrogens with one attached hydrogen (secondary N) is 1. The van der Waals surface area contributed by atoms with Crippen molar-refractivity contribution < 1.29 is 13.6 Å². The molecular formula is C14H11ClF2N2O. The summed E-state index contributed by atoms with van der Waals surface area (Å²) in [6.45, 7) is 1.48. The van der Waals surface area contributed by atoms with Gasteiger partial charge >= 0.3 is 0 Å². The minimum atomic E-state index is -0.815. The molecule has 1 amide bonds. The fraction of sp³-hybridized carbons (Fsp3) is 0.0714. The number of aryl methyl sites for hydroxylation is 1. The number of para-hydroxylation sites is 1. The van der Waals surface area contributed by atoms with E-state index in [-0.39, 0.29) is 27.5 Å². The van der Waals surface area contributed by atoms with Crippen molar-refractivity contribution in [3.8, 4) is 0 Å². The highest BCUT2D eigenvalue weighted by Gasteiger charge is 2.17. The Kier molecular flexibility index (Phi) is 3.90. The van der Waals surface area contributed by atoms with Gasteiger partial charge in [-0.25, -0.2) is 8.78 Å². The van der Waals surface area contributed by atoms with Crippen molar-refractivity contribution in [1.29, 1.82) is 0 Å². The first-order valence-corrected chi connectivity index (χ1v) is 6.09. The van der Waals surface area contributed by atoms with Crippen molar-refractivity contribution in [3.63, 3.8) is 0 Å². The molecule has 0 heterocycles. The van der Waals surface area contributed by atoms with Crippen LogP contribution in [0.25, 0.3) is 0 Å². The third kappa shape index (κ3) is 2.72. The second-order valence-electron chi connectivity index (χ2n) is 4.25. The molecule has 2 aromatic rings. The quantitative estimate of drug-likeness (QED) is 0.829. The molecule has 0 atom stereocenters. The van der Waals surface area contributed by atoms with Crippen LogP contribution in [-0.4, -0.2) is 5.91 Å². The lowest BCUT2D eigenvalue weighted by Crippen LogP contribution is -2.16. The van der Waals surface area contributed by atoms with E-state index in [9.17, 15) is 13.6 Å². The maximum atomic E-state index is 13.9. The average Bonchev–Trinajstić information content (AvgIpc) is 2.38. The predicted molar refractivity (Wildman–Crippen MR) is 74.9 cm³/mol. The van der Waals surface area contributed by atoms with Crippen molar-refractivity contribution in [2.45, 2.75) is 6.92 Å². The minimum Gasteiger partial charge on any atom is -0.399 e. The lowest BCUT2D eigenvalue weighted by molar-refractivity contribution is 0.102. The standard InChI is InChI=1S/C14H11ClF2N2O/c1-7-5-8(18)6-9(12(7)17)14(20)19-13-10(15)3-2-4-11(13)16/h2-6H,18H2,1H3,(H,19,20). The largest absolute Gasteiger partial charge is 0.399 e. The molecule has 0 aromatic heterocycles. The minimum absolute atomic E-state index is 0.0272. The highest BCUT2D eigenvalue weighted by Crippen LogP contribution is 2.26. The first-order chi connectivity index (χ1) is 9.40. The normalized spacial score (nSPS) is 10.4. The van der Waals surface area contributed by atoms with E-state index in [1.807, 2.05) is 0 Å². The van der Waals surface area contributed by atoms with E-state index in [1.165, 1.54) is 31.2 Å². The number of carbonyl (C=O) groups excluding carboxylic acids is 1. The Hall–Kier alpha value is -2.14. The number of hydrogen-bond acceptors (Lipinski definition) is 2. The van der Waals surface area contributed by atoms with Gasteiger partial charge in [-0.15, -0.1) is 0 Å². The summed E-state index contributed by atoms with van der Waals surface area (Å²) in [4.78, 5) is 12.0. The highest BCUT2D eigenvalue weighted by molar-refractivity contribution is 6.34. The van der Waals surface area contributed by atoms with E-state index in [2.05, 4.69) is 5.32 Å². The van der Waals surface area contributed by atoms with Gasteiger partial charge in [0.05, 0.1) is 16.3 Å². The maximum Gasteiger partial charge on any atom is 0.258 e. The van der Waals surface area contributed by atoms with Gasteiger partial charge in [0, 0.05) is 5.69 Å². The van der Waals surface area contributed by atoms with Gasteiger partial charge in [0.25, 0.3) is 5.91 Å². The van der Waals surface area contributed by atoms with Crippen LogP contribution in [0.4, 0.5) is 20.2 Å². The summed E-state index contributed by atoms with van der Waals surface area (Å²) in [7, 11) is 0. The van der Waals surface area contributed by atoms with E-state index in [1.54, 1.807) is 0 Å². The van der Waals surface area contributed by atoms with Crippen LogP contribution in [0.15, 0.2) is 30.3 Å². The van der Waals surface area contributed by atoms with Crippen LogP contribution in [0, 0.1) is 18.6 Å². The van der Waals surface area contributed by atoms with Gasteiger partial charge in [-0.3, -0.25) is 4.79 Å². The summed E-state index contributed by atoms with van der Waals surface area (Å²) in [5, 5.41) is 2.28. The molecule has 2 aromatic carbocycles. The van der Waals surface area contributed by atoms with Gasteiger partial charge in [0.2, 0.25) is 0 Å². The second kappa shape index (κ2) is 5.46. The summed E-state index contributed by atoms with van der Waals surface area (Å²) in [6, 6.07) is 6.55. The van der Waals surface area contributed by atoms with Gasteiger partial charge < -0.3 is 11.1 Å². The van der Waals surface area contributed by atoms with Crippen molar-refractivity contribution in [2.75, 3.05) is 11.1 Å². The molecule has 3 N–H and O–H groups in total. The average molecular weight is 297 g/mol. The third-order valence-electron chi connectivity index (χ3n) is 2.72. The van der Waals surface area contributed by atoms with Crippen molar-refractivity contribution in [3.05, 3.63) is 58.1 Å². The topological polar surface area (TPSA) is 55.1 Å². The smallest absolute Gasteiger partial charge is 0.258 e. The number of hydrogen-bond donors (Lipinski definition) is 2. The Balaban J connectivity index is 2.39. The summed E-state index contributed by atoms with van der Waals surface area (Å²) in [5.41, 5.74) is 5.59. The van der Waals surface area contributed by atoms with Crippen LogP contribution in [0.5, 0.6) is 0 Å². The van der Waals surface area contributed by atoms with Gasteiger partial charge in [0.1, 0.15) is 11.6 Å². The molecule has 0 unspecified atom stereocenters. The summed E-state index contributed by atoms with van der Waals surface area (Å²) >= 11 is 5.79. The number of halogens is 3. The Morgan fingerprint density at radius 2 is 2.00 bits per heavy atom. The van der Waals surface area contributed by atoms with Crippen LogP contribution in [0.2, 0.25) is 5.02 Å². The molecule has 104 valence electrons. The molecule has 20 heavy (non-hydrogen) atoms. The zero-order valence-electron chi connectivity index (χ0n) is 10.5. The Bertz CT molecular complexity index is 669. The zero-order valence-corrected chi connectivity index (χ0v) is 11.3. The molecule has 0 fully saturated rings. The fourth-order valence-corrected chi connectivity index (χ4v) is 1.97. The van der Waals surface area contributed by atoms with Crippen molar-refractivity contribution in [2.24, 2.45) is 0 Å². The number of benzene rings is 2. The summed E-state index contributed by atoms with van der Waals surface area (Å²) in [6.07, 6.45) is 0. The Labute approximate surface area is 119 Å². The van der Waals surface area contributed by atoms with Gasteiger partial charge in [0.15, 0.2) is 0 Å². The molecular weight excluding hydrogens is 286 g/mol. The first kappa shape index (κ1) is 14.3. The van der Waals surface area contributed by atoms with E-state index in [0.29, 0.717) is 0 Å². The SMILES string of the molecule is Cc1cc(N)cc(C(=O)Nc2c(F)cccc2Cl)c1F. The third-order valence-corrected chi connectivity index (χ3v) is 3.04. The molecule has 0 saturated heterocycles. The highest BCUT2D eigenvalue weighted by atomic mass is 35.5. The lowest BCUT2D eigenvalue weighted by atomic mass is 10.1. The molecule has 6 heteroatoms. The van der Waals surface area contributed by atoms with E-state index in [0.717, 1.165) is 6.07 Å². The number of rotatable bonds is 2. The number of amides is 1. The fourth-order valence-electron chi connectivity index (χ4n) is 1.76. The molecule has 0 bridgehead atoms.